The minimum Gasteiger partial charge on any atom is -0.342 e. The van der Waals surface area contributed by atoms with Gasteiger partial charge in [0.15, 0.2) is 0 Å². The number of rotatable bonds is 4. The fourth-order valence-electron chi connectivity index (χ4n) is 3.78. The quantitative estimate of drug-likeness (QED) is 0.767. The van der Waals surface area contributed by atoms with Crippen LogP contribution in [0.3, 0.4) is 0 Å². The van der Waals surface area contributed by atoms with Crippen LogP contribution in [-0.2, 0) is 11.3 Å². The van der Waals surface area contributed by atoms with E-state index in [0.717, 1.165) is 17.8 Å². The van der Waals surface area contributed by atoms with E-state index in [4.69, 9.17) is 0 Å². The van der Waals surface area contributed by atoms with Crippen molar-refractivity contribution in [3.05, 3.63) is 58.4 Å². The van der Waals surface area contributed by atoms with Gasteiger partial charge in [-0.3, -0.25) is 19.3 Å². The third kappa shape index (κ3) is 3.49. The molecule has 1 aliphatic rings. The molecular weight excluding hydrogens is 342 g/mol. The first-order valence-corrected chi connectivity index (χ1v) is 9.28. The van der Waals surface area contributed by atoms with Gasteiger partial charge in [-0.25, -0.2) is 0 Å². The summed E-state index contributed by atoms with van der Waals surface area (Å²) in [5.41, 5.74) is 2.38. The van der Waals surface area contributed by atoms with Crippen LogP contribution in [0.25, 0.3) is 10.9 Å². The maximum atomic E-state index is 12.8. The van der Waals surface area contributed by atoms with Crippen molar-refractivity contribution in [2.75, 3.05) is 13.1 Å². The molecule has 140 valence electrons. The highest BCUT2D eigenvalue weighted by molar-refractivity contribution is 5.79. The zero-order valence-electron chi connectivity index (χ0n) is 15.6. The molecule has 27 heavy (non-hydrogen) atoms. The average Bonchev–Trinajstić information content (AvgIpc) is 3.30. The number of amides is 1. The van der Waals surface area contributed by atoms with Gasteiger partial charge >= 0.3 is 0 Å². The number of nitrogens with one attached hydrogen (secondary N) is 1. The highest BCUT2D eigenvalue weighted by Gasteiger charge is 2.30. The molecule has 0 aliphatic carbocycles. The zero-order chi connectivity index (χ0) is 19.0. The minimum atomic E-state index is -0.139. The summed E-state index contributed by atoms with van der Waals surface area (Å²) in [5.74, 6) is 0.125. The lowest BCUT2D eigenvalue weighted by Gasteiger charge is -2.21. The van der Waals surface area contributed by atoms with Crippen LogP contribution < -0.4 is 5.56 Å². The number of pyridine rings is 2. The van der Waals surface area contributed by atoms with Gasteiger partial charge in [0.1, 0.15) is 0 Å². The van der Waals surface area contributed by atoms with Crippen LogP contribution in [0.4, 0.5) is 0 Å². The van der Waals surface area contributed by atoms with E-state index in [0.29, 0.717) is 30.5 Å². The number of hydrogen-bond acceptors (Lipinski definition) is 4. The van der Waals surface area contributed by atoms with Crippen LogP contribution in [0.1, 0.15) is 30.7 Å². The Morgan fingerprint density at radius 2 is 2.26 bits per heavy atom. The molecule has 3 aromatic rings. The smallest absolute Gasteiger partial charge is 0.257 e. The molecule has 2 unspecified atom stereocenters. The normalized spacial score (nSPS) is 18.1. The van der Waals surface area contributed by atoms with E-state index in [1.165, 1.54) is 0 Å². The Morgan fingerprint density at radius 1 is 1.41 bits per heavy atom. The van der Waals surface area contributed by atoms with Crippen LogP contribution in [-0.4, -0.2) is 43.6 Å². The largest absolute Gasteiger partial charge is 0.342 e. The summed E-state index contributed by atoms with van der Waals surface area (Å²) in [7, 11) is 0. The van der Waals surface area contributed by atoms with E-state index in [2.05, 4.69) is 15.1 Å². The summed E-state index contributed by atoms with van der Waals surface area (Å²) >= 11 is 0. The third-order valence-corrected chi connectivity index (χ3v) is 5.23. The molecule has 7 nitrogen and oxygen atoms in total. The second-order valence-electron chi connectivity index (χ2n) is 7.34. The molecule has 1 saturated heterocycles. The van der Waals surface area contributed by atoms with Crippen LogP contribution >= 0.6 is 0 Å². The molecular formula is C20H23N5O2. The number of likely N-dealkylation sites (tertiary alicyclic amines) is 1. The lowest BCUT2D eigenvalue weighted by atomic mass is 10.0. The Bertz CT molecular complexity index is 1040. The van der Waals surface area contributed by atoms with Gasteiger partial charge in [0, 0.05) is 37.1 Å². The predicted octanol–water partition coefficient (Wildman–Crippen LogP) is 2.08. The van der Waals surface area contributed by atoms with Gasteiger partial charge in [-0.15, -0.1) is 0 Å². The van der Waals surface area contributed by atoms with Crippen LogP contribution in [0.15, 0.2) is 41.5 Å². The van der Waals surface area contributed by atoms with E-state index >= 15 is 0 Å². The number of aryl methyl sites for hydroxylation is 1. The van der Waals surface area contributed by atoms with Crippen molar-refractivity contribution in [1.29, 1.82) is 0 Å². The lowest BCUT2D eigenvalue weighted by Crippen LogP contribution is -2.35. The second-order valence-corrected chi connectivity index (χ2v) is 7.34. The number of H-pyrrole nitrogens is 1. The van der Waals surface area contributed by atoms with Gasteiger partial charge in [-0.2, -0.15) is 5.10 Å². The minimum absolute atomic E-state index is 0.122. The molecule has 1 amide bonds. The molecule has 1 N–H and O–H groups in total. The van der Waals surface area contributed by atoms with Crippen LogP contribution in [0.2, 0.25) is 0 Å². The summed E-state index contributed by atoms with van der Waals surface area (Å²) in [4.78, 5) is 34.3. The van der Waals surface area contributed by atoms with Gasteiger partial charge < -0.3 is 9.88 Å². The first-order chi connectivity index (χ1) is 13.0. The molecule has 3 aromatic heterocycles. The van der Waals surface area contributed by atoms with E-state index in [1.807, 2.05) is 41.8 Å². The van der Waals surface area contributed by atoms with Crippen LogP contribution in [0, 0.1) is 12.8 Å². The molecule has 1 aliphatic heterocycles. The molecule has 4 rings (SSSR count). The monoisotopic (exact) mass is 365 g/mol. The second kappa shape index (κ2) is 6.98. The van der Waals surface area contributed by atoms with Crippen molar-refractivity contribution in [2.24, 2.45) is 5.92 Å². The summed E-state index contributed by atoms with van der Waals surface area (Å²) in [6.45, 7) is 5.77. The molecule has 0 spiro atoms. The van der Waals surface area contributed by atoms with Gasteiger partial charge in [-0.05, 0) is 37.6 Å². The van der Waals surface area contributed by atoms with Crippen molar-refractivity contribution in [3.8, 4) is 0 Å². The number of aromatic amines is 1. The number of hydrogen-bond donors (Lipinski definition) is 1. The number of aromatic nitrogens is 4. The fraction of sp³-hybridized carbons (Fsp3) is 0.400. The van der Waals surface area contributed by atoms with Crippen molar-refractivity contribution in [3.63, 3.8) is 0 Å². The zero-order valence-corrected chi connectivity index (χ0v) is 15.6. The van der Waals surface area contributed by atoms with E-state index in [-0.39, 0.29) is 23.3 Å². The van der Waals surface area contributed by atoms with Gasteiger partial charge in [-0.1, -0.05) is 6.92 Å². The Hall–Kier alpha value is -2.96. The van der Waals surface area contributed by atoms with E-state index in [9.17, 15) is 9.59 Å². The van der Waals surface area contributed by atoms with Crippen molar-refractivity contribution >= 4 is 16.8 Å². The van der Waals surface area contributed by atoms with Crippen LogP contribution in [0.5, 0.6) is 0 Å². The predicted molar refractivity (Wildman–Crippen MR) is 102 cm³/mol. The summed E-state index contributed by atoms with van der Waals surface area (Å²) in [5, 5.41) is 4.95. The molecule has 7 heteroatoms. The number of fused-ring (bicyclic) bond motifs is 1. The standard InChI is InChI=1S/C20H23N5O2/c1-13(11-25-9-5-14(2)23-25)20(27)24-8-6-15(12-24)17-10-18-16(19(26)22-17)4-3-7-21-18/h3-5,7,9-10,13,15H,6,8,11-12H2,1-2H3,(H,22,26). The molecule has 0 saturated carbocycles. The molecule has 2 atom stereocenters. The topological polar surface area (TPSA) is 83.9 Å². The lowest BCUT2D eigenvalue weighted by molar-refractivity contribution is -0.134. The first-order valence-electron chi connectivity index (χ1n) is 9.28. The molecule has 0 radical (unpaired) electrons. The van der Waals surface area contributed by atoms with Gasteiger partial charge in [0.05, 0.1) is 29.1 Å². The maximum Gasteiger partial charge on any atom is 0.257 e. The van der Waals surface area contributed by atoms with Crippen molar-refractivity contribution in [1.82, 2.24) is 24.6 Å². The third-order valence-electron chi connectivity index (χ3n) is 5.23. The van der Waals surface area contributed by atoms with Gasteiger partial charge in [0.2, 0.25) is 5.91 Å². The Balaban J connectivity index is 1.46. The Labute approximate surface area is 157 Å². The highest BCUT2D eigenvalue weighted by atomic mass is 16.2. The summed E-state index contributed by atoms with van der Waals surface area (Å²) < 4.78 is 1.82. The maximum absolute atomic E-state index is 12.8. The highest BCUT2D eigenvalue weighted by Crippen LogP contribution is 2.27. The Kier molecular flexibility index (Phi) is 4.51. The van der Waals surface area contributed by atoms with E-state index in [1.54, 1.807) is 18.3 Å². The van der Waals surface area contributed by atoms with Gasteiger partial charge in [0.25, 0.3) is 5.56 Å². The SMILES string of the molecule is Cc1ccn(CC(C)C(=O)N2CCC(c3cc4ncccc4c(=O)[nH]3)C2)n1. The molecule has 0 bridgehead atoms. The molecule has 1 fully saturated rings. The summed E-state index contributed by atoms with van der Waals surface area (Å²) in [6, 6.07) is 7.41. The molecule has 0 aromatic carbocycles. The van der Waals surface area contributed by atoms with Crippen molar-refractivity contribution in [2.45, 2.75) is 32.7 Å². The van der Waals surface area contributed by atoms with E-state index < -0.39 is 0 Å². The number of carbonyl (C=O) groups excluding carboxylic acids is 1. The number of nitrogens with zero attached hydrogens (tertiary/aromatic N) is 4. The number of carbonyl (C=O) groups is 1. The fourth-order valence-corrected chi connectivity index (χ4v) is 3.78. The average molecular weight is 365 g/mol. The molecule has 4 heterocycles. The summed E-state index contributed by atoms with van der Waals surface area (Å²) in [6.07, 6.45) is 4.43. The Morgan fingerprint density at radius 3 is 3.04 bits per heavy atom. The van der Waals surface area contributed by atoms with Crippen molar-refractivity contribution < 1.29 is 4.79 Å². The first kappa shape index (κ1) is 17.5.